The van der Waals surface area contributed by atoms with E-state index in [9.17, 15) is 9.59 Å². The Kier molecular flexibility index (Phi) is 7.60. The Morgan fingerprint density at radius 2 is 1.84 bits per heavy atom. The molecule has 1 heterocycles. The van der Waals surface area contributed by atoms with Crippen molar-refractivity contribution in [3.8, 4) is 5.75 Å². The maximum absolute atomic E-state index is 13.2. The monoisotopic (exact) mass is 442 g/mol. The molecule has 1 fully saturated rings. The molecule has 6 heteroatoms. The number of primary amides is 1. The smallest absolute Gasteiger partial charge is 0.230 e. The maximum atomic E-state index is 13.2. The predicted octanol–water partition coefficient (Wildman–Crippen LogP) is 4.71. The molecule has 166 valence electrons. The molecule has 2 N–H and O–H groups in total. The van der Waals surface area contributed by atoms with Gasteiger partial charge in [0.2, 0.25) is 11.8 Å². The van der Waals surface area contributed by atoms with Crippen LogP contribution in [-0.4, -0.2) is 36.4 Å². The van der Waals surface area contributed by atoms with Crippen LogP contribution in [0, 0.1) is 12.3 Å². The molecule has 0 radical (unpaired) electrons. The Hall–Kier alpha value is -2.53. The molecular formula is C25H31ClN2O3. The number of hydrogen-bond donors (Lipinski definition) is 1. The number of piperidine rings is 1. The number of halogens is 1. The fourth-order valence-electron chi connectivity index (χ4n) is 4.35. The summed E-state index contributed by atoms with van der Waals surface area (Å²) in [6.45, 7) is 5.54. The van der Waals surface area contributed by atoms with E-state index in [2.05, 4.69) is 0 Å². The van der Waals surface area contributed by atoms with E-state index in [-0.39, 0.29) is 29.6 Å². The molecule has 1 atom stereocenters. The van der Waals surface area contributed by atoms with Gasteiger partial charge in [-0.05, 0) is 55.5 Å². The highest BCUT2D eigenvalue weighted by molar-refractivity contribution is 6.31. The summed E-state index contributed by atoms with van der Waals surface area (Å²) in [7, 11) is 0. The summed E-state index contributed by atoms with van der Waals surface area (Å²) in [5.41, 5.74) is 7.19. The molecule has 3 rings (SSSR count). The van der Waals surface area contributed by atoms with Gasteiger partial charge in [0, 0.05) is 29.9 Å². The molecule has 1 saturated heterocycles. The van der Waals surface area contributed by atoms with Crippen molar-refractivity contribution in [2.75, 3.05) is 19.7 Å². The third-order valence-corrected chi connectivity index (χ3v) is 6.69. The van der Waals surface area contributed by atoms with Crippen molar-refractivity contribution < 1.29 is 14.3 Å². The molecule has 2 aromatic rings. The molecule has 0 spiro atoms. The lowest BCUT2D eigenvalue weighted by molar-refractivity contribution is -0.136. The zero-order valence-corrected chi connectivity index (χ0v) is 19.0. The third kappa shape index (κ3) is 5.79. The van der Waals surface area contributed by atoms with Crippen LogP contribution in [0.25, 0.3) is 0 Å². The summed E-state index contributed by atoms with van der Waals surface area (Å²) in [6.07, 6.45) is 2.36. The maximum Gasteiger partial charge on any atom is 0.230 e. The number of aryl methyl sites for hydroxylation is 1. The van der Waals surface area contributed by atoms with Crippen molar-refractivity contribution in [3.05, 3.63) is 64.7 Å². The lowest BCUT2D eigenvalue weighted by Crippen LogP contribution is -2.48. The normalized spacial score (nSPS) is 16.5. The Labute approximate surface area is 189 Å². The van der Waals surface area contributed by atoms with Crippen LogP contribution in [0.1, 0.15) is 49.7 Å². The topological polar surface area (TPSA) is 72.6 Å². The van der Waals surface area contributed by atoms with E-state index >= 15 is 0 Å². The van der Waals surface area contributed by atoms with Crippen molar-refractivity contribution in [3.63, 3.8) is 0 Å². The highest BCUT2D eigenvalue weighted by atomic mass is 35.5. The Balaban J connectivity index is 1.67. The molecule has 2 aromatic carbocycles. The third-order valence-electron chi connectivity index (χ3n) is 6.27. The van der Waals surface area contributed by atoms with Crippen LogP contribution in [0.5, 0.6) is 5.75 Å². The van der Waals surface area contributed by atoms with Crippen LogP contribution in [0.15, 0.2) is 48.5 Å². The first-order chi connectivity index (χ1) is 14.8. The van der Waals surface area contributed by atoms with Crippen molar-refractivity contribution in [1.82, 2.24) is 4.90 Å². The minimum Gasteiger partial charge on any atom is -0.493 e. The number of likely N-dealkylation sites (tertiary alicyclic amines) is 1. The summed E-state index contributed by atoms with van der Waals surface area (Å²) in [6, 6.07) is 15.4. The Morgan fingerprint density at radius 3 is 2.42 bits per heavy atom. The highest BCUT2D eigenvalue weighted by Gasteiger charge is 2.39. The van der Waals surface area contributed by atoms with E-state index in [0.717, 1.165) is 23.3 Å². The van der Waals surface area contributed by atoms with Crippen molar-refractivity contribution >= 4 is 23.4 Å². The van der Waals surface area contributed by atoms with Crippen LogP contribution in [-0.2, 0) is 9.59 Å². The molecule has 0 saturated carbocycles. The fraction of sp³-hybridized carbons (Fsp3) is 0.440. The molecule has 5 nitrogen and oxygen atoms in total. The van der Waals surface area contributed by atoms with Gasteiger partial charge in [0.05, 0.1) is 12.5 Å². The molecule has 1 aliphatic rings. The average Bonchev–Trinajstić information content (AvgIpc) is 2.76. The van der Waals surface area contributed by atoms with Gasteiger partial charge < -0.3 is 15.4 Å². The van der Waals surface area contributed by atoms with Crippen molar-refractivity contribution in [2.45, 2.75) is 45.4 Å². The first-order valence-electron chi connectivity index (χ1n) is 10.8. The van der Waals surface area contributed by atoms with Crippen molar-refractivity contribution in [1.29, 1.82) is 0 Å². The summed E-state index contributed by atoms with van der Waals surface area (Å²) >= 11 is 6.10. The minimum absolute atomic E-state index is 0.141. The summed E-state index contributed by atoms with van der Waals surface area (Å²) < 4.78 is 6.05. The van der Waals surface area contributed by atoms with Crippen LogP contribution in [0.3, 0.4) is 0 Å². The summed E-state index contributed by atoms with van der Waals surface area (Å²) in [5, 5.41) is 0.690. The number of amides is 2. The molecule has 0 aromatic heterocycles. The summed E-state index contributed by atoms with van der Waals surface area (Å²) in [4.78, 5) is 26.9. The van der Waals surface area contributed by atoms with Gasteiger partial charge in [0.25, 0.3) is 0 Å². The highest BCUT2D eigenvalue weighted by Crippen LogP contribution is 2.37. The predicted molar refractivity (Wildman–Crippen MR) is 123 cm³/mol. The van der Waals surface area contributed by atoms with E-state index in [0.29, 0.717) is 37.6 Å². The minimum atomic E-state index is -0.370. The van der Waals surface area contributed by atoms with Gasteiger partial charge in [-0.25, -0.2) is 0 Å². The first-order valence-corrected chi connectivity index (χ1v) is 11.2. The second kappa shape index (κ2) is 10.2. The van der Waals surface area contributed by atoms with E-state index in [1.54, 1.807) is 0 Å². The largest absolute Gasteiger partial charge is 0.493 e. The summed E-state index contributed by atoms with van der Waals surface area (Å²) in [5.74, 6) is 0.388. The van der Waals surface area contributed by atoms with Gasteiger partial charge in [-0.3, -0.25) is 9.59 Å². The average molecular weight is 443 g/mol. The first kappa shape index (κ1) is 23.1. The van der Waals surface area contributed by atoms with Gasteiger partial charge in [-0.2, -0.15) is 0 Å². The van der Waals surface area contributed by atoms with E-state index in [1.807, 2.05) is 67.3 Å². The second-order valence-electron chi connectivity index (χ2n) is 8.54. The lowest BCUT2D eigenvalue weighted by Gasteiger charge is -2.42. The SMILES string of the molecule is CC[C@H](C(=O)N1CCC(COc2ccc(Cl)c(C)c2)(CC(N)=O)CC1)c1ccccc1. The Bertz CT molecular complexity index is 908. The number of rotatable bonds is 8. The number of carbonyl (C=O) groups excluding carboxylic acids is 2. The molecule has 0 bridgehead atoms. The number of carbonyl (C=O) groups is 2. The van der Waals surface area contributed by atoms with Gasteiger partial charge in [-0.1, -0.05) is 48.9 Å². The number of nitrogens with zero attached hydrogens (tertiary/aromatic N) is 1. The second-order valence-corrected chi connectivity index (χ2v) is 8.95. The van der Waals surface area contributed by atoms with Crippen molar-refractivity contribution in [2.24, 2.45) is 11.1 Å². The van der Waals surface area contributed by atoms with Gasteiger partial charge >= 0.3 is 0 Å². The quantitative estimate of drug-likeness (QED) is 0.643. The standard InChI is InChI=1S/C25H31ClN2O3/c1-3-21(19-7-5-4-6-8-19)24(30)28-13-11-25(12-14-28,16-23(27)29)17-31-20-9-10-22(26)18(2)15-20/h4-10,15,21H,3,11-14,16-17H2,1-2H3,(H2,27,29)/t21-/m0/s1. The molecule has 0 unspecified atom stereocenters. The molecule has 2 amide bonds. The van der Waals surface area contributed by atoms with E-state index in [4.69, 9.17) is 22.1 Å². The van der Waals surface area contributed by atoms with Gasteiger partial charge in [-0.15, -0.1) is 0 Å². The van der Waals surface area contributed by atoms with Crippen LogP contribution in [0.4, 0.5) is 0 Å². The van der Waals surface area contributed by atoms with Crippen LogP contribution in [0.2, 0.25) is 5.02 Å². The zero-order valence-electron chi connectivity index (χ0n) is 18.3. The Morgan fingerprint density at radius 1 is 1.16 bits per heavy atom. The number of nitrogens with two attached hydrogens (primary N) is 1. The molecule has 31 heavy (non-hydrogen) atoms. The van der Waals surface area contributed by atoms with Crippen LogP contribution < -0.4 is 10.5 Å². The lowest BCUT2D eigenvalue weighted by atomic mass is 9.75. The van der Waals surface area contributed by atoms with E-state index in [1.165, 1.54) is 0 Å². The van der Waals surface area contributed by atoms with Crippen LogP contribution >= 0.6 is 11.6 Å². The zero-order chi connectivity index (χ0) is 22.4. The molecule has 1 aliphatic heterocycles. The number of ether oxygens (including phenoxy) is 1. The number of benzene rings is 2. The number of hydrogen-bond acceptors (Lipinski definition) is 3. The fourth-order valence-corrected chi connectivity index (χ4v) is 4.46. The van der Waals surface area contributed by atoms with E-state index < -0.39 is 0 Å². The molecular weight excluding hydrogens is 412 g/mol. The molecule has 0 aliphatic carbocycles. The van der Waals surface area contributed by atoms with Gasteiger partial charge in [0.1, 0.15) is 5.75 Å². The van der Waals surface area contributed by atoms with Gasteiger partial charge in [0.15, 0.2) is 0 Å².